The molecule has 0 aromatic carbocycles. The fourth-order valence-electron chi connectivity index (χ4n) is 1.79. The predicted octanol–water partition coefficient (Wildman–Crippen LogP) is 0.867. The SMILES string of the molecule is CCC1NC(=O)CN(CCCCSC)C1=O. The molecule has 0 radical (unpaired) electrons. The van der Waals surface area contributed by atoms with E-state index in [1.807, 2.05) is 18.7 Å². The zero-order valence-corrected chi connectivity index (χ0v) is 10.8. The molecule has 92 valence electrons. The Morgan fingerprint density at radius 3 is 2.81 bits per heavy atom. The molecule has 1 rings (SSSR count). The van der Waals surface area contributed by atoms with Crippen molar-refractivity contribution in [2.45, 2.75) is 32.2 Å². The van der Waals surface area contributed by atoms with Crippen LogP contribution in [0.5, 0.6) is 0 Å². The maximum atomic E-state index is 11.9. The van der Waals surface area contributed by atoms with Gasteiger partial charge in [-0.15, -0.1) is 0 Å². The summed E-state index contributed by atoms with van der Waals surface area (Å²) in [5.41, 5.74) is 0. The Hall–Kier alpha value is -0.710. The van der Waals surface area contributed by atoms with Crippen LogP contribution < -0.4 is 5.32 Å². The minimum absolute atomic E-state index is 0.0312. The summed E-state index contributed by atoms with van der Waals surface area (Å²) < 4.78 is 0. The van der Waals surface area contributed by atoms with Crippen LogP contribution in [0.25, 0.3) is 0 Å². The van der Waals surface area contributed by atoms with E-state index in [1.54, 1.807) is 4.90 Å². The zero-order chi connectivity index (χ0) is 12.0. The van der Waals surface area contributed by atoms with Gasteiger partial charge in [-0.05, 0) is 31.3 Å². The quantitative estimate of drug-likeness (QED) is 0.705. The van der Waals surface area contributed by atoms with E-state index < -0.39 is 0 Å². The highest BCUT2D eigenvalue weighted by Crippen LogP contribution is 2.08. The molecule has 0 aromatic rings. The molecular formula is C11H20N2O2S. The lowest BCUT2D eigenvalue weighted by Gasteiger charge is -2.32. The Labute approximate surface area is 101 Å². The molecule has 0 aliphatic carbocycles. The molecule has 1 N–H and O–H groups in total. The largest absolute Gasteiger partial charge is 0.343 e. The number of thioether (sulfide) groups is 1. The second-order valence-corrected chi connectivity index (χ2v) is 4.97. The third-order valence-electron chi connectivity index (χ3n) is 2.71. The average Bonchev–Trinajstić information content (AvgIpc) is 2.28. The highest BCUT2D eigenvalue weighted by Gasteiger charge is 2.30. The van der Waals surface area contributed by atoms with Gasteiger partial charge in [-0.2, -0.15) is 11.8 Å². The van der Waals surface area contributed by atoms with Gasteiger partial charge in [-0.25, -0.2) is 0 Å². The smallest absolute Gasteiger partial charge is 0.245 e. The van der Waals surface area contributed by atoms with Crippen LogP contribution >= 0.6 is 11.8 Å². The van der Waals surface area contributed by atoms with Crippen molar-refractivity contribution in [3.63, 3.8) is 0 Å². The summed E-state index contributed by atoms with van der Waals surface area (Å²) in [6.45, 7) is 2.86. The van der Waals surface area contributed by atoms with Crippen molar-refractivity contribution < 1.29 is 9.59 Å². The molecule has 0 bridgehead atoms. The Balaban J connectivity index is 2.38. The molecule has 1 saturated heterocycles. The van der Waals surface area contributed by atoms with E-state index in [1.165, 1.54) is 0 Å². The van der Waals surface area contributed by atoms with E-state index in [-0.39, 0.29) is 24.4 Å². The third kappa shape index (κ3) is 3.70. The summed E-state index contributed by atoms with van der Waals surface area (Å²) in [5.74, 6) is 1.16. The number of hydrogen-bond donors (Lipinski definition) is 1. The van der Waals surface area contributed by atoms with E-state index in [9.17, 15) is 9.59 Å². The van der Waals surface area contributed by atoms with Crippen LogP contribution in [0.4, 0.5) is 0 Å². The lowest BCUT2D eigenvalue weighted by molar-refractivity contribution is -0.144. The second-order valence-electron chi connectivity index (χ2n) is 3.99. The molecule has 4 nitrogen and oxygen atoms in total. The van der Waals surface area contributed by atoms with Crippen molar-refractivity contribution in [3.05, 3.63) is 0 Å². The Kier molecular flexibility index (Phi) is 5.66. The van der Waals surface area contributed by atoms with Crippen LogP contribution in [0.3, 0.4) is 0 Å². The van der Waals surface area contributed by atoms with Gasteiger partial charge < -0.3 is 10.2 Å². The van der Waals surface area contributed by atoms with Crippen LogP contribution in [0.1, 0.15) is 26.2 Å². The highest BCUT2D eigenvalue weighted by molar-refractivity contribution is 7.98. The first-order valence-electron chi connectivity index (χ1n) is 5.76. The summed E-state index contributed by atoms with van der Waals surface area (Å²) in [5, 5.41) is 2.71. The van der Waals surface area contributed by atoms with Crippen molar-refractivity contribution in [2.75, 3.05) is 25.1 Å². The highest BCUT2D eigenvalue weighted by atomic mass is 32.2. The lowest BCUT2D eigenvalue weighted by Crippen LogP contribution is -2.57. The van der Waals surface area contributed by atoms with Gasteiger partial charge in [0.25, 0.3) is 0 Å². The van der Waals surface area contributed by atoms with Gasteiger partial charge in [-0.3, -0.25) is 9.59 Å². The van der Waals surface area contributed by atoms with Crippen LogP contribution in [0.2, 0.25) is 0 Å². The number of nitrogens with one attached hydrogen (secondary N) is 1. The number of carbonyl (C=O) groups excluding carboxylic acids is 2. The average molecular weight is 244 g/mol. The maximum Gasteiger partial charge on any atom is 0.245 e. The Bertz CT molecular complexity index is 258. The molecule has 1 unspecified atom stereocenters. The molecule has 2 amide bonds. The molecule has 0 aromatic heterocycles. The fraction of sp³-hybridized carbons (Fsp3) is 0.818. The van der Waals surface area contributed by atoms with Gasteiger partial charge in [-0.1, -0.05) is 6.92 Å². The van der Waals surface area contributed by atoms with Gasteiger partial charge in [0.2, 0.25) is 11.8 Å². The molecule has 16 heavy (non-hydrogen) atoms. The number of rotatable bonds is 6. The first-order chi connectivity index (χ1) is 7.69. The minimum atomic E-state index is -0.304. The third-order valence-corrected chi connectivity index (χ3v) is 3.41. The topological polar surface area (TPSA) is 49.4 Å². The number of carbonyl (C=O) groups is 2. The molecule has 1 aliphatic heterocycles. The van der Waals surface area contributed by atoms with Crippen LogP contribution in [0, 0.1) is 0 Å². The molecular weight excluding hydrogens is 224 g/mol. The number of nitrogens with zero attached hydrogens (tertiary/aromatic N) is 1. The standard InChI is InChI=1S/C11H20N2O2S/c1-3-9-11(15)13(8-10(14)12-9)6-4-5-7-16-2/h9H,3-8H2,1-2H3,(H,12,14). The van der Waals surface area contributed by atoms with Gasteiger partial charge in [0.05, 0.1) is 6.54 Å². The normalized spacial score (nSPS) is 21.1. The van der Waals surface area contributed by atoms with E-state index >= 15 is 0 Å². The molecule has 0 saturated carbocycles. The van der Waals surface area contributed by atoms with E-state index in [0.717, 1.165) is 18.6 Å². The van der Waals surface area contributed by atoms with Crippen molar-refractivity contribution in [3.8, 4) is 0 Å². The predicted molar refractivity (Wildman–Crippen MR) is 66.4 cm³/mol. The van der Waals surface area contributed by atoms with Gasteiger partial charge in [0, 0.05) is 6.54 Å². The number of piperazine rings is 1. The van der Waals surface area contributed by atoms with Gasteiger partial charge in [0.1, 0.15) is 6.04 Å². The molecule has 0 spiro atoms. The van der Waals surface area contributed by atoms with E-state index in [4.69, 9.17) is 0 Å². The Morgan fingerprint density at radius 1 is 1.44 bits per heavy atom. The number of hydrogen-bond acceptors (Lipinski definition) is 3. The van der Waals surface area contributed by atoms with Crippen molar-refractivity contribution in [1.82, 2.24) is 10.2 Å². The first kappa shape index (κ1) is 13.4. The maximum absolute atomic E-state index is 11.9. The van der Waals surface area contributed by atoms with Crippen molar-refractivity contribution in [2.24, 2.45) is 0 Å². The molecule has 1 aliphatic rings. The molecule has 1 fully saturated rings. The van der Waals surface area contributed by atoms with E-state index in [2.05, 4.69) is 11.6 Å². The zero-order valence-electron chi connectivity index (χ0n) is 9.99. The Morgan fingerprint density at radius 2 is 2.19 bits per heavy atom. The summed E-state index contributed by atoms with van der Waals surface area (Å²) in [7, 11) is 0. The molecule has 1 atom stereocenters. The van der Waals surface area contributed by atoms with Crippen LogP contribution in [0.15, 0.2) is 0 Å². The summed E-state index contributed by atoms with van der Waals surface area (Å²) in [6.07, 6.45) is 4.83. The fourth-order valence-corrected chi connectivity index (χ4v) is 2.28. The monoisotopic (exact) mass is 244 g/mol. The second kappa shape index (κ2) is 6.78. The summed E-state index contributed by atoms with van der Waals surface area (Å²) in [4.78, 5) is 24.9. The van der Waals surface area contributed by atoms with Crippen molar-refractivity contribution >= 4 is 23.6 Å². The minimum Gasteiger partial charge on any atom is -0.343 e. The number of amides is 2. The van der Waals surface area contributed by atoms with Crippen LogP contribution in [-0.4, -0.2) is 47.9 Å². The van der Waals surface area contributed by atoms with Gasteiger partial charge >= 0.3 is 0 Å². The lowest BCUT2D eigenvalue weighted by atomic mass is 10.1. The number of unbranched alkanes of at least 4 members (excludes halogenated alkanes) is 1. The van der Waals surface area contributed by atoms with Crippen molar-refractivity contribution in [1.29, 1.82) is 0 Å². The van der Waals surface area contributed by atoms with Gasteiger partial charge in [0.15, 0.2) is 0 Å². The molecule has 5 heteroatoms. The first-order valence-corrected chi connectivity index (χ1v) is 7.15. The van der Waals surface area contributed by atoms with Crippen LogP contribution in [-0.2, 0) is 9.59 Å². The molecule has 1 heterocycles. The van der Waals surface area contributed by atoms with E-state index in [0.29, 0.717) is 13.0 Å². The summed E-state index contributed by atoms with van der Waals surface area (Å²) >= 11 is 1.81. The summed E-state index contributed by atoms with van der Waals surface area (Å²) in [6, 6.07) is -0.304.